The zero-order valence-corrected chi connectivity index (χ0v) is 20.4. The van der Waals surface area contributed by atoms with Crippen molar-refractivity contribution in [3.8, 4) is 5.75 Å². The van der Waals surface area contributed by atoms with Gasteiger partial charge in [-0.1, -0.05) is 74.0 Å². The molecule has 184 valence electrons. The van der Waals surface area contributed by atoms with Crippen LogP contribution in [-0.2, 0) is 29.0 Å². The van der Waals surface area contributed by atoms with Crippen molar-refractivity contribution in [3.05, 3.63) is 101 Å². The lowest BCUT2D eigenvalue weighted by atomic mass is 10.0. The highest BCUT2D eigenvalue weighted by Crippen LogP contribution is 2.19. The number of benzene rings is 3. The first-order valence-electron chi connectivity index (χ1n) is 12.0. The molecule has 3 aromatic rings. The number of halogens is 1. The lowest BCUT2D eigenvalue weighted by molar-refractivity contribution is -0.140. The molecule has 0 unspecified atom stereocenters. The molecule has 5 nitrogen and oxygen atoms in total. The highest BCUT2D eigenvalue weighted by Gasteiger charge is 2.30. The van der Waals surface area contributed by atoms with Crippen LogP contribution in [0.25, 0.3) is 0 Å². The average Bonchev–Trinajstić information content (AvgIpc) is 2.88. The molecule has 0 bridgehead atoms. The lowest BCUT2D eigenvalue weighted by Crippen LogP contribution is -2.51. The maximum atomic E-state index is 14.6. The highest BCUT2D eigenvalue weighted by atomic mass is 19.1. The van der Waals surface area contributed by atoms with E-state index in [0.29, 0.717) is 24.3 Å². The van der Waals surface area contributed by atoms with Crippen LogP contribution in [0.4, 0.5) is 4.39 Å². The second-order valence-electron chi connectivity index (χ2n) is 8.49. The van der Waals surface area contributed by atoms with Crippen LogP contribution in [0.15, 0.2) is 78.9 Å². The first kappa shape index (κ1) is 25.9. The fraction of sp³-hybridized carbons (Fsp3) is 0.310. The number of carbonyl (C=O) groups is 2. The number of nitrogens with one attached hydrogen (secondary N) is 1. The minimum Gasteiger partial charge on any atom is -0.497 e. The number of unbranched alkanes of at least 4 members (excludes halogenated alkanes) is 1. The molecular weight excluding hydrogens is 443 g/mol. The first-order valence-corrected chi connectivity index (χ1v) is 12.0. The van der Waals surface area contributed by atoms with Crippen molar-refractivity contribution in [2.24, 2.45) is 0 Å². The van der Waals surface area contributed by atoms with Gasteiger partial charge in [-0.15, -0.1) is 0 Å². The second-order valence-corrected chi connectivity index (χ2v) is 8.49. The zero-order valence-electron chi connectivity index (χ0n) is 20.4. The van der Waals surface area contributed by atoms with E-state index in [0.717, 1.165) is 24.0 Å². The standard InChI is InChI=1S/C29H33FN2O3/c1-3-4-18-31-29(34)27(19-22-10-6-5-7-11-22)32(21-24-12-8-9-13-26(24)30)28(33)20-23-14-16-25(35-2)17-15-23/h5-17,27H,3-4,18-21H2,1-2H3,(H,31,34)/t27-/m1/s1. The lowest BCUT2D eigenvalue weighted by Gasteiger charge is -2.32. The Hall–Kier alpha value is -3.67. The SMILES string of the molecule is CCCCNC(=O)[C@@H](Cc1ccccc1)N(Cc1ccccc1F)C(=O)Cc1ccc(OC)cc1. The van der Waals surface area contributed by atoms with Gasteiger partial charge in [0.2, 0.25) is 11.8 Å². The highest BCUT2D eigenvalue weighted by molar-refractivity contribution is 5.88. The van der Waals surface area contributed by atoms with Crippen molar-refractivity contribution >= 4 is 11.8 Å². The summed E-state index contributed by atoms with van der Waals surface area (Å²) < 4.78 is 19.8. The average molecular weight is 477 g/mol. The quantitative estimate of drug-likeness (QED) is 0.377. The van der Waals surface area contributed by atoms with Crippen LogP contribution in [0.2, 0.25) is 0 Å². The van der Waals surface area contributed by atoms with E-state index < -0.39 is 11.9 Å². The van der Waals surface area contributed by atoms with E-state index in [2.05, 4.69) is 12.2 Å². The maximum absolute atomic E-state index is 14.6. The van der Waals surface area contributed by atoms with Gasteiger partial charge in [0.15, 0.2) is 0 Å². The van der Waals surface area contributed by atoms with Crippen molar-refractivity contribution in [2.45, 2.75) is 45.2 Å². The molecule has 3 rings (SSSR count). The molecule has 0 aliphatic rings. The Bertz CT molecular complexity index is 1090. The second kappa shape index (κ2) is 13.3. The van der Waals surface area contributed by atoms with E-state index in [1.54, 1.807) is 37.4 Å². The normalized spacial score (nSPS) is 11.5. The molecule has 2 amide bonds. The van der Waals surface area contributed by atoms with E-state index in [1.807, 2.05) is 42.5 Å². The molecule has 35 heavy (non-hydrogen) atoms. The third-order valence-corrected chi connectivity index (χ3v) is 5.91. The van der Waals surface area contributed by atoms with Gasteiger partial charge < -0.3 is 15.0 Å². The summed E-state index contributed by atoms with van der Waals surface area (Å²) in [6.45, 7) is 2.58. The van der Waals surface area contributed by atoms with Gasteiger partial charge in [0.25, 0.3) is 0 Å². The van der Waals surface area contributed by atoms with E-state index in [9.17, 15) is 14.0 Å². The molecule has 0 radical (unpaired) electrons. The fourth-order valence-corrected chi connectivity index (χ4v) is 3.89. The summed E-state index contributed by atoms with van der Waals surface area (Å²) in [7, 11) is 1.58. The van der Waals surface area contributed by atoms with Crippen molar-refractivity contribution in [2.75, 3.05) is 13.7 Å². The number of rotatable bonds is 12. The van der Waals surface area contributed by atoms with Crippen LogP contribution in [0.1, 0.15) is 36.5 Å². The van der Waals surface area contributed by atoms with E-state index in [-0.39, 0.29) is 24.8 Å². The van der Waals surface area contributed by atoms with Crippen LogP contribution in [0.5, 0.6) is 5.75 Å². The molecular formula is C29H33FN2O3. The maximum Gasteiger partial charge on any atom is 0.243 e. The van der Waals surface area contributed by atoms with Crippen molar-refractivity contribution < 1.29 is 18.7 Å². The summed E-state index contributed by atoms with van der Waals surface area (Å²) in [6, 6.07) is 22.4. The van der Waals surface area contributed by atoms with Crippen LogP contribution in [-0.4, -0.2) is 36.4 Å². The van der Waals surface area contributed by atoms with Gasteiger partial charge >= 0.3 is 0 Å². The summed E-state index contributed by atoms with van der Waals surface area (Å²) in [6.07, 6.45) is 2.21. The van der Waals surface area contributed by atoms with Gasteiger partial charge in [-0.25, -0.2) is 4.39 Å². The van der Waals surface area contributed by atoms with Gasteiger partial charge in [0.1, 0.15) is 17.6 Å². The Morgan fingerprint density at radius 2 is 1.63 bits per heavy atom. The third kappa shape index (κ3) is 7.67. The number of methoxy groups -OCH3 is 1. The van der Waals surface area contributed by atoms with Gasteiger partial charge in [0, 0.05) is 25.1 Å². The van der Waals surface area contributed by atoms with E-state index >= 15 is 0 Å². The molecule has 0 heterocycles. The number of hydrogen-bond acceptors (Lipinski definition) is 3. The molecule has 1 N–H and O–H groups in total. The van der Waals surface area contributed by atoms with Gasteiger partial charge in [-0.2, -0.15) is 0 Å². The molecule has 0 saturated heterocycles. The number of hydrogen-bond donors (Lipinski definition) is 1. The zero-order chi connectivity index (χ0) is 25.0. The smallest absolute Gasteiger partial charge is 0.243 e. The Kier molecular flexibility index (Phi) is 9.84. The Morgan fingerprint density at radius 1 is 0.943 bits per heavy atom. The predicted octanol–water partition coefficient (Wildman–Crippen LogP) is 4.93. The number of carbonyl (C=O) groups excluding carboxylic acids is 2. The molecule has 0 aromatic heterocycles. The molecule has 0 spiro atoms. The molecule has 0 saturated carbocycles. The third-order valence-electron chi connectivity index (χ3n) is 5.91. The minimum absolute atomic E-state index is 0.000357. The van der Waals surface area contributed by atoms with Gasteiger partial charge in [0.05, 0.1) is 13.5 Å². The van der Waals surface area contributed by atoms with Gasteiger partial charge in [-0.3, -0.25) is 9.59 Å². The molecule has 0 aliphatic heterocycles. The predicted molar refractivity (Wildman–Crippen MR) is 135 cm³/mol. The van der Waals surface area contributed by atoms with E-state index in [1.165, 1.54) is 11.0 Å². The van der Waals surface area contributed by atoms with E-state index in [4.69, 9.17) is 4.74 Å². The molecule has 3 aromatic carbocycles. The Morgan fingerprint density at radius 3 is 2.29 bits per heavy atom. The van der Waals surface area contributed by atoms with Crippen LogP contribution in [0.3, 0.4) is 0 Å². The first-order chi connectivity index (χ1) is 17.0. The summed E-state index contributed by atoms with van der Waals surface area (Å²) in [5.74, 6) is -0.187. The summed E-state index contributed by atoms with van der Waals surface area (Å²) in [4.78, 5) is 28.5. The molecule has 0 aliphatic carbocycles. The number of amides is 2. The number of ether oxygens (including phenoxy) is 1. The fourth-order valence-electron chi connectivity index (χ4n) is 3.89. The Balaban J connectivity index is 1.93. The number of nitrogens with zero attached hydrogens (tertiary/aromatic N) is 1. The summed E-state index contributed by atoms with van der Waals surface area (Å²) in [5.41, 5.74) is 2.09. The largest absolute Gasteiger partial charge is 0.497 e. The molecule has 0 fully saturated rings. The van der Waals surface area contributed by atoms with Crippen LogP contribution < -0.4 is 10.1 Å². The van der Waals surface area contributed by atoms with Crippen molar-refractivity contribution in [1.29, 1.82) is 0 Å². The van der Waals surface area contributed by atoms with Crippen LogP contribution >= 0.6 is 0 Å². The topological polar surface area (TPSA) is 58.6 Å². The van der Waals surface area contributed by atoms with Crippen molar-refractivity contribution in [1.82, 2.24) is 10.2 Å². The molecule has 6 heteroatoms. The molecule has 1 atom stereocenters. The summed E-state index contributed by atoms with van der Waals surface area (Å²) in [5, 5.41) is 2.98. The Labute approximate surface area is 206 Å². The minimum atomic E-state index is -0.778. The van der Waals surface area contributed by atoms with Gasteiger partial charge in [-0.05, 0) is 35.7 Å². The monoisotopic (exact) mass is 476 g/mol. The summed E-state index contributed by atoms with van der Waals surface area (Å²) >= 11 is 0. The van der Waals surface area contributed by atoms with Crippen LogP contribution in [0, 0.1) is 5.82 Å². The van der Waals surface area contributed by atoms with Crippen molar-refractivity contribution in [3.63, 3.8) is 0 Å².